The predicted octanol–water partition coefficient (Wildman–Crippen LogP) is 3.32. The van der Waals surface area contributed by atoms with Crippen LogP contribution < -0.4 is 0 Å². The standard InChI is InChI=1S/C10H10BrClO/c11-10-8(5-2-6-13)3-1-4-9(10)7-12/h1,3-4,6H,2,5,7H2. The Morgan fingerprint density at radius 2 is 2.08 bits per heavy atom. The molecule has 0 aliphatic heterocycles. The van der Waals surface area contributed by atoms with Gasteiger partial charge < -0.3 is 4.79 Å². The number of carbonyl (C=O) groups excluding carboxylic acids is 1. The van der Waals surface area contributed by atoms with Crippen molar-refractivity contribution in [3.63, 3.8) is 0 Å². The van der Waals surface area contributed by atoms with Crippen molar-refractivity contribution in [3.8, 4) is 0 Å². The third kappa shape index (κ3) is 2.82. The van der Waals surface area contributed by atoms with Crippen molar-refractivity contribution in [2.24, 2.45) is 0 Å². The summed E-state index contributed by atoms with van der Waals surface area (Å²) in [6, 6.07) is 5.94. The van der Waals surface area contributed by atoms with Crippen LogP contribution in [0.2, 0.25) is 0 Å². The summed E-state index contributed by atoms with van der Waals surface area (Å²) < 4.78 is 1.03. The van der Waals surface area contributed by atoms with Gasteiger partial charge in [-0.2, -0.15) is 0 Å². The number of hydrogen-bond acceptors (Lipinski definition) is 1. The van der Waals surface area contributed by atoms with Gasteiger partial charge in [0.25, 0.3) is 0 Å². The van der Waals surface area contributed by atoms with E-state index in [0.717, 1.165) is 28.3 Å². The lowest BCUT2D eigenvalue weighted by Gasteiger charge is -2.05. The number of rotatable bonds is 4. The number of halogens is 2. The molecule has 0 fully saturated rings. The van der Waals surface area contributed by atoms with Gasteiger partial charge in [0.15, 0.2) is 0 Å². The van der Waals surface area contributed by atoms with E-state index in [4.69, 9.17) is 11.6 Å². The third-order valence-corrected chi connectivity index (χ3v) is 3.14. The van der Waals surface area contributed by atoms with Crippen LogP contribution in [-0.2, 0) is 17.1 Å². The van der Waals surface area contributed by atoms with Crippen molar-refractivity contribution in [3.05, 3.63) is 33.8 Å². The zero-order valence-corrected chi connectivity index (χ0v) is 9.44. The second-order valence-electron chi connectivity index (χ2n) is 2.73. The summed E-state index contributed by atoms with van der Waals surface area (Å²) >= 11 is 9.21. The highest BCUT2D eigenvalue weighted by atomic mass is 79.9. The molecule has 0 aliphatic rings. The number of carbonyl (C=O) groups is 1. The molecule has 1 aromatic rings. The first-order chi connectivity index (χ1) is 6.29. The van der Waals surface area contributed by atoms with Gasteiger partial charge in [-0.15, -0.1) is 11.6 Å². The van der Waals surface area contributed by atoms with Crippen LogP contribution in [0.25, 0.3) is 0 Å². The summed E-state index contributed by atoms with van der Waals surface area (Å²) in [5.41, 5.74) is 2.22. The number of benzene rings is 1. The Balaban J connectivity index is 2.87. The SMILES string of the molecule is O=CCCc1cccc(CCl)c1Br. The van der Waals surface area contributed by atoms with Crippen molar-refractivity contribution >= 4 is 33.8 Å². The summed E-state index contributed by atoms with van der Waals surface area (Å²) in [6.45, 7) is 0. The quantitative estimate of drug-likeness (QED) is 0.600. The summed E-state index contributed by atoms with van der Waals surface area (Å²) in [5.74, 6) is 0.496. The lowest BCUT2D eigenvalue weighted by molar-refractivity contribution is -0.107. The van der Waals surface area contributed by atoms with Crippen molar-refractivity contribution in [1.82, 2.24) is 0 Å². The first kappa shape index (κ1) is 10.7. The molecule has 0 aromatic heterocycles. The van der Waals surface area contributed by atoms with E-state index in [0.29, 0.717) is 12.3 Å². The second kappa shape index (κ2) is 5.40. The molecule has 0 saturated heterocycles. The molecule has 13 heavy (non-hydrogen) atoms. The Bertz CT molecular complexity index is 299. The van der Waals surface area contributed by atoms with Crippen molar-refractivity contribution in [2.45, 2.75) is 18.7 Å². The van der Waals surface area contributed by atoms with E-state index in [2.05, 4.69) is 15.9 Å². The van der Waals surface area contributed by atoms with Crippen molar-refractivity contribution < 1.29 is 4.79 Å². The monoisotopic (exact) mass is 260 g/mol. The fourth-order valence-electron chi connectivity index (χ4n) is 1.14. The first-order valence-corrected chi connectivity index (χ1v) is 5.38. The number of aldehydes is 1. The van der Waals surface area contributed by atoms with Gasteiger partial charge >= 0.3 is 0 Å². The third-order valence-electron chi connectivity index (χ3n) is 1.83. The van der Waals surface area contributed by atoms with Crippen LogP contribution in [0, 0.1) is 0 Å². The summed E-state index contributed by atoms with van der Waals surface area (Å²) in [4.78, 5) is 10.2. The Morgan fingerprint density at radius 1 is 1.38 bits per heavy atom. The average Bonchev–Trinajstić information content (AvgIpc) is 2.16. The molecule has 1 nitrogen and oxygen atoms in total. The Kier molecular flexibility index (Phi) is 4.46. The molecule has 0 spiro atoms. The Hall–Kier alpha value is -0.340. The van der Waals surface area contributed by atoms with Gasteiger partial charge in [0.2, 0.25) is 0 Å². The van der Waals surface area contributed by atoms with Gasteiger partial charge in [-0.1, -0.05) is 34.1 Å². The fourth-order valence-corrected chi connectivity index (χ4v) is 2.13. The topological polar surface area (TPSA) is 17.1 Å². The molecular weight excluding hydrogens is 251 g/mol. The molecule has 0 atom stereocenters. The van der Waals surface area contributed by atoms with E-state index in [1.54, 1.807) is 0 Å². The lowest BCUT2D eigenvalue weighted by atomic mass is 10.1. The summed E-state index contributed by atoms with van der Waals surface area (Å²) in [6.07, 6.45) is 2.26. The highest BCUT2D eigenvalue weighted by Crippen LogP contribution is 2.24. The highest BCUT2D eigenvalue weighted by molar-refractivity contribution is 9.10. The minimum Gasteiger partial charge on any atom is -0.303 e. The minimum atomic E-state index is 0.496. The lowest BCUT2D eigenvalue weighted by Crippen LogP contribution is -1.91. The van der Waals surface area contributed by atoms with Crippen LogP contribution in [0.1, 0.15) is 17.5 Å². The van der Waals surface area contributed by atoms with Crippen LogP contribution in [-0.4, -0.2) is 6.29 Å². The zero-order valence-electron chi connectivity index (χ0n) is 7.09. The molecule has 0 aliphatic carbocycles. The van der Waals surface area contributed by atoms with Gasteiger partial charge in [-0.05, 0) is 17.5 Å². The maximum absolute atomic E-state index is 10.2. The Morgan fingerprint density at radius 3 is 2.69 bits per heavy atom. The van der Waals surface area contributed by atoms with Crippen LogP contribution in [0.4, 0.5) is 0 Å². The maximum atomic E-state index is 10.2. The Labute approximate surface area is 91.2 Å². The predicted molar refractivity (Wildman–Crippen MR) is 58.1 cm³/mol. The van der Waals surface area contributed by atoms with Crippen molar-refractivity contribution in [1.29, 1.82) is 0 Å². The number of aryl methyl sites for hydroxylation is 1. The number of alkyl halides is 1. The van der Waals surface area contributed by atoms with E-state index in [1.165, 1.54) is 0 Å². The minimum absolute atomic E-state index is 0.496. The molecule has 1 aromatic carbocycles. The van der Waals surface area contributed by atoms with Crippen LogP contribution in [0.5, 0.6) is 0 Å². The molecule has 0 amide bonds. The van der Waals surface area contributed by atoms with E-state index < -0.39 is 0 Å². The highest BCUT2D eigenvalue weighted by Gasteiger charge is 2.03. The smallest absolute Gasteiger partial charge is 0.120 e. The number of hydrogen-bond donors (Lipinski definition) is 0. The summed E-state index contributed by atoms with van der Waals surface area (Å²) in [5, 5.41) is 0. The first-order valence-electron chi connectivity index (χ1n) is 4.05. The zero-order chi connectivity index (χ0) is 9.68. The fraction of sp³-hybridized carbons (Fsp3) is 0.300. The molecular formula is C10H10BrClO. The van der Waals surface area contributed by atoms with E-state index in [1.807, 2.05) is 18.2 Å². The van der Waals surface area contributed by atoms with Crippen LogP contribution in [0.3, 0.4) is 0 Å². The van der Waals surface area contributed by atoms with Gasteiger partial charge in [0.1, 0.15) is 6.29 Å². The molecule has 0 unspecified atom stereocenters. The van der Waals surface area contributed by atoms with Gasteiger partial charge in [0, 0.05) is 16.8 Å². The summed E-state index contributed by atoms with van der Waals surface area (Å²) in [7, 11) is 0. The van der Waals surface area contributed by atoms with E-state index >= 15 is 0 Å². The molecule has 0 radical (unpaired) electrons. The van der Waals surface area contributed by atoms with E-state index in [9.17, 15) is 4.79 Å². The van der Waals surface area contributed by atoms with Gasteiger partial charge in [-0.3, -0.25) is 0 Å². The molecule has 3 heteroatoms. The molecule has 70 valence electrons. The van der Waals surface area contributed by atoms with Gasteiger partial charge in [0.05, 0.1) is 0 Å². The molecule has 0 saturated carbocycles. The van der Waals surface area contributed by atoms with Gasteiger partial charge in [-0.25, -0.2) is 0 Å². The normalized spacial score (nSPS) is 10.0. The molecule has 0 heterocycles. The molecule has 0 N–H and O–H groups in total. The van der Waals surface area contributed by atoms with Crippen LogP contribution in [0.15, 0.2) is 22.7 Å². The van der Waals surface area contributed by atoms with E-state index in [-0.39, 0.29) is 0 Å². The maximum Gasteiger partial charge on any atom is 0.120 e. The average molecular weight is 262 g/mol. The molecule has 1 rings (SSSR count). The van der Waals surface area contributed by atoms with Crippen LogP contribution >= 0.6 is 27.5 Å². The largest absolute Gasteiger partial charge is 0.303 e. The second-order valence-corrected chi connectivity index (χ2v) is 3.79. The molecule has 0 bridgehead atoms. The van der Waals surface area contributed by atoms with Crippen molar-refractivity contribution in [2.75, 3.05) is 0 Å².